The third-order valence-electron chi connectivity index (χ3n) is 5.27. The highest BCUT2D eigenvalue weighted by Gasteiger charge is 2.07. The second-order valence-corrected chi connectivity index (χ2v) is 7.88. The Kier molecular flexibility index (Phi) is 9.28. The van der Waals surface area contributed by atoms with Crippen molar-refractivity contribution in [3.8, 4) is 28.7 Å². The Morgan fingerprint density at radius 2 is 1.31 bits per heavy atom. The van der Waals surface area contributed by atoms with Crippen molar-refractivity contribution in [2.75, 3.05) is 20.8 Å². The summed E-state index contributed by atoms with van der Waals surface area (Å²) in [6.45, 7) is 0.361. The van der Waals surface area contributed by atoms with Crippen LogP contribution in [0.1, 0.15) is 23.1 Å². The predicted molar refractivity (Wildman–Crippen MR) is 138 cm³/mol. The zero-order valence-electron chi connectivity index (χ0n) is 20.1. The molecule has 0 radical (unpaired) electrons. The summed E-state index contributed by atoms with van der Waals surface area (Å²) in [5.74, 6) is 0.666. The van der Waals surface area contributed by atoms with Crippen LogP contribution in [0.2, 0.25) is 0 Å². The number of aromatic hydroxyl groups is 2. The summed E-state index contributed by atoms with van der Waals surface area (Å²) in [4.78, 5) is 24.4. The summed E-state index contributed by atoms with van der Waals surface area (Å²) in [6, 6.07) is 17.1. The molecule has 0 atom stereocenters. The molecular weight excluding hydrogens is 460 g/mol. The van der Waals surface area contributed by atoms with E-state index in [0.717, 1.165) is 11.3 Å². The van der Waals surface area contributed by atoms with Crippen molar-refractivity contribution in [3.63, 3.8) is 0 Å². The smallest absolute Gasteiger partial charge is 0.163 e. The minimum atomic E-state index is -0.358. The van der Waals surface area contributed by atoms with Crippen molar-refractivity contribution in [1.29, 1.82) is 0 Å². The number of phenolic OH excluding ortho intramolecular Hbond substituents is 2. The molecule has 0 unspecified atom stereocenters. The lowest BCUT2D eigenvalue weighted by molar-refractivity contribution is -0.121. The van der Waals surface area contributed by atoms with Gasteiger partial charge in [-0.05, 0) is 65.2 Å². The van der Waals surface area contributed by atoms with Crippen molar-refractivity contribution >= 4 is 23.7 Å². The molecule has 3 aromatic carbocycles. The highest BCUT2D eigenvalue weighted by atomic mass is 16.5. The molecule has 186 valence electrons. The van der Waals surface area contributed by atoms with E-state index in [4.69, 9.17) is 14.2 Å². The molecule has 0 aliphatic carbocycles. The maximum absolute atomic E-state index is 12.2. The molecule has 3 aromatic rings. The first kappa shape index (κ1) is 26.1. The van der Waals surface area contributed by atoms with E-state index in [-0.39, 0.29) is 29.5 Å². The topological polar surface area (TPSA) is 102 Å². The third-order valence-corrected chi connectivity index (χ3v) is 5.27. The van der Waals surface area contributed by atoms with Gasteiger partial charge in [0.1, 0.15) is 5.75 Å². The Bertz CT molecular complexity index is 1260. The molecule has 0 fully saturated rings. The molecule has 0 bridgehead atoms. The second kappa shape index (κ2) is 12.8. The van der Waals surface area contributed by atoms with E-state index in [2.05, 4.69) is 0 Å². The Morgan fingerprint density at radius 3 is 1.86 bits per heavy atom. The van der Waals surface area contributed by atoms with E-state index in [0.29, 0.717) is 35.7 Å². The van der Waals surface area contributed by atoms with Gasteiger partial charge in [-0.25, -0.2) is 0 Å². The second-order valence-electron chi connectivity index (χ2n) is 7.88. The Morgan fingerprint density at radius 1 is 0.750 bits per heavy atom. The molecule has 0 spiro atoms. The van der Waals surface area contributed by atoms with Gasteiger partial charge in [-0.1, -0.05) is 36.4 Å². The van der Waals surface area contributed by atoms with Crippen molar-refractivity contribution in [3.05, 3.63) is 89.5 Å². The summed E-state index contributed by atoms with van der Waals surface area (Å²) >= 11 is 0. The molecule has 7 nitrogen and oxygen atoms in total. The van der Waals surface area contributed by atoms with Crippen LogP contribution in [-0.4, -0.2) is 42.6 Å². The highest BCUT2D eigenvalue weighted by Crippen LogP contribution is 2.28. The number of hydrogen-bond donors (Lipinski definition) is 2. The number of methoxy groups -OCH3 is 2. The van der Waals surface area contributed by atoms with Crippen LogP contribution in [0.5, 0.6) is 28.7 Å². The Hall–Kier alpha value is -4.52. The molecule has 0 aromatic heterocycles. The van der Waals surface area contributed by atoms with Crippen molar-refractivity contribution in [2.45, 2.75) is 12.8 Å². The summed E-state index contributed by atoms with van der Waals surface area (Å²) in [6.07, 6.45) is 6.12. The summed E-state index contributed by atoms with van der Waals surface area (Å²) in [5.41, 5.74) is 2.38. The number of ether oxygens (including phenoxy) is 3. The van der Waals surface area contributed by atoms with E-state index in [1.165, 1.54) is 31.4 Å². The van der Waals surface area contributed by atoms with Gasteiger partial charge >= 0.3 is 0 Å². The number of rotatable bonds is 12. The Labute approximate surface area is 209 Å². The molecule has 0 saturated carbocycles. The van der Waals surface area contributed by atoms with Crippen molar-refractivity contribution in [1.82, 2.24) is 0 Å². The van der Waals surface area contributed by atoms with Crippen LogP contribution in [-0.2, 0) is 16.0 Å². The minimum Gasteiger partial charge on any atom is -0.504 e. The number of hydrogen-bond acceptors (Lipinski definition) is 7. The molecule has 0 heterocycles. The first-order valence-corrected chi connectivity index (χ1v) is 11.3. The van der Waals surface area contributed by atoms with E-state index in [9.17, 15) is 19.8 Å². The summed E-state index contributed by atoms with van der Waals surface area (Å²) < 4.78 is 15.9. The maximum atomic E-state index is 12.2. The Balaban J connectivity index is 1.52. The number of carbonyl (C=O) groups is 2. The minimum absolute atomic E-state index is 0.000571. The fourth-order valence-corrected chi connectivity index (χ4v) is 3.29. The molecule has 0 saturated heterocycles. The lowest BCUT2D eigenvalue weighted by atomic mass is 10.1. The third kappa shape index (κ3) is 7.77. The SMILES string of the molecule is COc1ccc(CCOc2cc(/C=C/C(=O)CC(=O)/C=C/c3ccc(O)c(OC)c3)ccc2O)cc1. The van der Waals surface area contributed by atoms with Gasteiger partial charge < -0.3 is 24.4 Å². The fourth-order valence-electron chi connectivity index (χ4n) is 3.29. The molecule has 2 N–H and O–H groups in total. The number of ketones is 2. The number of benzene rings is 3. The monoisotopic (exact) mass is 488 g/mol. The fraction of sp³-hybridized carbons (Fsp3) is 0.172. The van der Waals surface area contributed by atoms with Gasteiger partial charge in [-0.2, -0.15) is 0 Å². The van der Waals surface area contributed by atoms with Crippen LogP contribution in [0.15, 0.2) is 72.8 Å². The summed E-state index contributed by atoms with van der Waals surface area (Å²) in [7, 11) is 3.05. The molecule has 3 rings (SSSR count). The van der Waals surface area contributed by atoms with Gasteiger partial charge in [0.25, 0.3) is 0 Å². The zero-order chi connectivity index (χ0) is 25.9. The predicted octanol–water partition coefficient (Wildman–Crippen LogP) is 4.99. The molecule has 0 aliphatic rings. The molecule has 0 amide bonds. The van der Waals surface area contributed by atoms with E-state index >= 15 is 0 Å². The number of phenols is 2. The average Bonchev–Trinajstić information content (AvgIpc) is 2.88. The molecule has 36 heavy (non-hydrogen) atoms. The quantitative estimate of drug-likeness (QED) is 0.273. The lowest BCUT2D eigenvalue weighted by Gasteiger charge is -2.09. The van der Waals surface area contributed by atoms with Gasteiger partial charge in [-0.3, -0.25) is 9.59 Å². The molecule has 7 heteroatoms. The van der Waals surface area contributed by atoms with Crippen LogP contribution < -0.4 is 14.2 Å². The van der Waals surface area contributed by atoms with Gasteiger partial charge in [0, 0.05) is 6.42 Å². The van der Waals surface area contributed by atoms with E-state index in [1.54, 1.807) is 43.5 Å². The lowest BCUT2D eigenvalue weighted by Crippen LogP contribution is -2.02. The van der Waals surface area contributed by atoms with Gasteiger partial charge in [0.2, 0.25) is 0 Å². The highest BCUT2D eigenvalue weighted by molar-refractivity contribution is 6.10. The maximum Gasteiger partial charge on any atom is 0.163 e. The van der Waals surface area contributed by atoms with E-state index < -0.39 is 0 Å². The average molecular weight is 489 g/mol. The number of allylic oxidation sites excluding steroid dienone is 2. The van der Waals surface area contributed by atoms with Gasteiger partial charge in [0.05, 0.1) is 27.2 Å². The van der Waals surface area contributed by atoms with Crippen LogP contribution in [0, 0.1) is 0 Å². The van der Waals surface area contributed by atoms with Gasteiger partial charge in [0.15, 0.2) is 34.6 Å². The van der Waals surface area contributed by atoms with Gasteiger partial charge in [-0.15, -0.1) is 0 Å². The normalized spacial score (nSPS) is 11.1. The van der Waals surface area contributed by atoms with E-state index in [1.807, 2.05) is 24.3 Å². The molecular formula is C29H28O7. The standard InChI is InChI=1S/C29H28O7/c1-34-25-11-5-20(6-12-25)15-16-36-29-18-22(8-14-27(29)33)4-10-24(31)19-23(30)9-3-21-7-13-26(32)28(17-21)35-2/h3-14,17-18,32-33H,15-16,19H2,1-2H3/b9-3+,10-4+. The van der Waals surface area contributed by atoms with Crippen LogP contribution in [0.4, 0.5) is 0 Å². The largest absolute Gasteiger partial charge is 0.504 e. The molecule has 0 aliphatic heterocycles. The summed E-state index contributed by atoms with van der Waals surface area (Å²) in [5, 5.41) is 19.7. The first-order valence-electron chi connectivity index (χ1n) is 11.3. The van der Waals surface area contributed by atoms with Crippen molar-refractivity contribution < 1.29 is 34.0 Å². The van der Waals surface area contributed by atoms with Crippen LogP contribution >= 0.6 is 0 Å². The van der Waals surface area contributed by atoms with Crippen molar-refractivity contribution in [2.24, 2.45) is 0 Å². The first-order chi connectivity index (χ1) is 17.4. The number of carbonyl (C=O) groups excluding carboxylic acids is 2. The van der Waals surface area contributed by atoms with Crippen LogP contribution in [0.3, 0.4) is 0 Å². The van der Waals surface area contributed by atoms with Crippen LogP contribution in [0.25, 0.3) is 12.2 Å². The zero-order valence-corrected chi connectivity index (χ0v) is 20.1.